The van der Waals surface area contributed by atoms with Crippen molar-refractivity contribution < 1.29 is 9.47 Å². The van der Waals surface area contributed by atoms with Gasteiger partial charge < -0.3 is 5.73 Å². The van der Waals surface area contributed by atoms with Gasteiger partial charge in [0.1, 0.15) is 0 Å². The van der Waals surface area contributed by atoms with E-state index in [9.17, 15) is 4.79 Å². The van der Waals surface area contributed by atoms with E-state index < -0.39 is 0 Å². The van der Waals surface area contributed by atoms with Crippen molar-refractivity contribution in [2.75, 3.05) is 11.2 Å². The van der Waals surface area contributed by atoms with Gasteiger partial charge in [0, 0.05) is 11.6 Å². The van der Waals surface area contributed by atoms with E-state index in [-0.39, 0.29) is 5.91 Å². The molecule has 0 saturated heterocycles. The van der Waals surface area contributed by atoms with Crippen LogP contribution in [0.15, 0.2) is 54.9 Å². The number of nitrogens with one attached hydrogen (secondary N) is 1. The fraction of sp³-hybridized carbons (Fsp3) is 0. The number of amides is 1. The van der Waals surface area contributed by atoms with E-state index in [4.69, 9.17) is 5.73 Å². The molecule has 0 unspecified atom stereocenters. The first-order chi connectivity index (χ1) is 7.75. The maximum atomic E-state index is 11.8. The smallest absolute Gasteiger partial charge is 0.305 e. The zero-order chi connectivity index (χ0) is 11.4. The maximum Gasteiger partial charge on any atom is 0.305 e. The van der Waals surface area contributed by atoms with E-state index in [0.29, 0.717) is 11.3 Å². The van der Waals surface area contributed by atoms with Crippen LogP contribution in [0.2, 0.25) is 0 Å². The minimum absolute atomic E-state index is 0.170. The molecule has 1 amide bonds. The summed E-state index contributed by atoms with van der Waals surface area (Å²) < 4.78 is 1.53. The van der Waals surface area contributed by atoms with Crippen molar-refractivity contribution in [1.29, 1.82) is 0 Å². The summed E-state index contributed by atoms with van der Waals surface area (Å²) in [7, 11) is 0. The molecule has 80 valence electrons. The summed E-state index contributed by atoms with van der Waals surface area (Å²) in [6, 6.07) is 12.5. The molecule has 0 bridgehead atoms. The summed E-state index contributed by atoms with van der Waals surface area (Å²) in [6.07, 6.45) is 3.36. The van der Waals surface area contributed by atoms with Gasteiger partial charge in [0.05, 0.1) is 5.69 Å². The van der Waals surface area contributed by atoms with Gasteiger partial charge >= 0.3 is 5.91 Å². The lowest BCUT2D eigenvalue weighted by molar-refractivity contribution is -0.640. The van der Waals surface area contributed by atoms with Crippen LogP contribution in [0.1, 0.15) is 10.4 Å². The number of anilines is 1. The van der Waals surface area contributed by atoms with Crippen molar-refractivity contribution in [1.82, 2.24) is 0 Å². The van der Waals surface area contributed by atoms with Crippen molar-refractivity contribution in [3.8, 4) is 0 Å². The van der Waals surface area contributed by atoms with Gasteiger partial charge in [0.2, 0.25) is 6.20 Å². The molecule has 0 saturated carbocycles. The number of hydrogen-bond donors (Lipinski definition) is 2. The van der Waals surface area contributed by atoms with Gasteiger partial charge in [-0.15, -0.1) is 5.43 Å². The number of aromatic nitrogens is 1. The molecule has 0 radical (unpaired) electrons. The molecule has 0 aliphatic carbocycles. The van der Waals surface area contributed by atoms with Crippen molar-refractivity contribution in [3.05, 3.63) is 60.4 Å². The van der Waals surface area contributed by atoms with Gasteiger partial charge in [-0.1, -0.05) is 22.9 Å². The lowest BCUT2D eigenvalue weighted by Gasteiger charge is -1.99. The average Bonchev–Trinajstić information content (AvgIpc) is 2.30. The third-order valence-electron chi connectivity index (χ3n) is 2.09. The van der Waals surface area contributed by atoms with Crippen LogP contribution in [0.5, 0.6) is 0 Å². The lowest BCUT2D eigenvalue weighted by Crippen LogP contribution is -2.47. The standard InChI is InChI=1S/C12H11N3O/c13-11-7-4-8-15(9-11)14-12(16)10-5-2-1-3-6-10/h1-9H,13H2/p+1. The number of nitrogens with zero attached hydrogens (tertiary/aromatic N) is 1. The Balaban J connectivity index is 2.14. The van der Waals surface area contributed by atoms with Gasteiger partial charge in [0.25, 0.3) is 0 Å². The molecule has 3 N–H and O–H groups in total. The summed E-state index contributed by atoms with van der Waals surface area (Å²) >= 11 is 0. The van der Waals surface area contributed by atoms with Crippen LogP contribution >= 0.6 is 0 Å². The number of nitrogens with two attached hydrogens (primary N) is 1. The molecule has 4 nitrogen and oxygen atoms in total. The van der Waals surface area contributed by atoms with Crippen LogP contribution in [0.3, 0.4) is 0 Å². The largest absolute Gasteiger partial charge is 0.394 e. The first-order valence-corrected chi connectivity index (χ1v) is 4.89. The van der Waals surface area contributed by atoms with Gasteiger partial charge in [-0.2, -0.15) is 0 Å². The van der Waals surface area contributed by atoms with Gasteiger partial charge in [-0.3, -0.25) is 4.79 Å². The van der Waals surface area contributed by atoms with Crippen molar-refractivity contribution >= 4 is 11.6 Å². The average molecular weight is 214 g/mol. The lowest BCUT2D eigenvalue weighted by atomic mass is 10.2. The van der Waals surface area contributed by atoms with Crippen LogP contribution in [-0.4, -0.2) is 5.91 Å². The third kappa shape index (κ3) is 2.36. The fourth-order valence-electron chi connectivity index (χ4n) is 1.33. The summed E-state index contributed by atoms with van der Waals surface area (Å²) in [5.74, 6) is -0.170. The topological polar surface area (TPSA) is 59.0 Å². The Hall–Kier alpha value is -2.36. The molecule has 1 aromatic heterocycles. The van der Waals surface area contributed by atoms with E-state index in [0.717, 1.165) is 0 Å². The monoisotopic (exact) mass is 214 g/mol. The highest BCUT2D eigenvalue weighted by Crippen LogP contribution is 1.98. The summed E-state index contributed by atoms with van der Waals surface area (Å²) in [6.45, 7) is 0. The van der Waals surface area contributed by atoms with Crippen LogP contribution in [0.4, 0.5) is 5.69 Å². The van der Waals surface area contributed by atoms with Crippen LogP contribution in [0, 0.1) is 0 Å². The first-order valence-electron chi connectivity index (χ1n) is 4.89. The molecule has 0 atom stereocenters. The van der Waals surface area contributed by atoms with Gasteiger partial charge in [-0.25, -0.2) is 0 Å². The predicted octanol–water partition coefficient (Wildman–Crippen LogP) is 0.940. The van der Waals surface area contributed by atoms with Crippen molar-refractivity contribution in [2.45, 2.75) is 0 Å². The van der Waals surface area contributed by atoms with Crippen LogP contribution < -0.4 is 15.8 Å². The molecule has 0 fully saturated rings. The second-order valence-corrected chi connectivity index (χ2v) is 3.35. The minimum atomic E-state index is -0.170. The van der Waals surface area contributed by atoms with Crippen molar-refractivity contribution in [3.63, 3.8) is 0 Å². The fourth-order valence-corrected chi connectivity index (χ4v) is 1.33. The summed E-state index contributed by atoms with van der Waals surface area (Å²) in [4.78, 5) is 11.8. The number of rotatable bonds is 2. The molecular formula is C12H12N3O+. The summed E-state index contributed by atoms with van der Waals surface area (Å²) in [5, 5.41) is 0. The molecule has 2 rings (SSSR count). The highest BCUT2D eigenvalue weighted by molar-refractivity contribution is 5.98. The number of pyridine rings is 1. The molecule has 0 aliphatic heterocycles. The van der Waals surface area contributed by atoms with E-state index >= 15 is 0 Å². The summed E-state index contributed by atoms with van der Waals surface area (Å²) in [5.41, 5.74) is 9.50. The molecule has 1 heterocycles. The Morgan fingerprint density at radius 3 is 2.56 bits per heavy atom. The maximum absolute atomic E-state index is 11.8. The quantitative estimate of drug-likeness (QED) is 0.731. The number of benzene rings is 1. The Morgan fingerprint density at radius 2 is 1.88 bits per heavy atom. The Morgan fingerprint density at radius 1 is 1.12 bits per heavy atom. The zero-order valence-corrected chi connectivity index (χ0v) is 8.63. The number of carbonyl (C=O) groups is 1. The Labute approximate surface area is 93.3 Å². The second-order valence-electron chi connectivity index (χ2n) is 3.35. The SMILES string of the molecule is Nc1ccc[n+](NC(=O)c2ccccc2)c1. The third-order valence-corrected chi connectivity index (χ3v) is 2.09. The van der Waals surface area contributed by atoms with Gasteiger partial charge in [-0.05, 0) is 18.2 Å². The predicted molar refractivity (Wildman–Crippen MR) is 61.2 cm³/mol. The Kier molecular flexibility index (Phi) is 2.82. The molecule has 1 aromatic carbocycles. The van der Waals surface area contributed by atoms with E-state index in [1.54, 1.807) is 36.7 Å². The number of carbonyl (C=O) groups excluding carboxylic acids is 1. The molecule has 0 aliphatic rings. The number of nitrogen functional groups attached to an aromatic ring is 1. The minimum Gasteiger partial charge on any atom is -0.394 e. The molecule has 2 aromatic rings. The molecular weight excluding hydrogens is 202 g/mol. The van der Waals surface area contributed by atoms with E-state index in [1.807, 2.05) is 18.2 Å². The normalized spacial score (nSPS) is 9.75. The van der Waals surface area contributed by atoms with Gasteiger partial charge in [0.15, 0.2) is 6.20 Å². The van der Waals surface area contributed by atoms with Crippen LogP contribution in [0.25, 0.3) is 0 Å². The highest BCUT2D eigenvalue weighted by Gasteiger charge is 2.09. The van der Waals surface area contributed by atoms with Crippen LogP contribution in [-0.2, 0) is 0 Å². The highest BCUT2D eigenvalue weighted by atomic mass is 16.2. The molecule has 0 spiro atoms. The Bertz CT molecular complexity index is 497. The molecule has 16 heavy (non-hydrogen) atoms. The second kappa shape index (κ2) is 4.44. The van der Waals surface area contributed by atoms with E-state index in [1.165, 1.54) is 4.68 Å². The first kappa shape index (κ1) is 10.2. The zero-order valence-electron chi connectivity index (χ0n) is 8.63. The van der Waals surface area contributed by atoms with E-state index in [2.05, 4.69) is 5.43 Å². The number of hydrogen-bond acceptors (Lipinski definition) is 2. The van der Waals surface area contributed by atoms with Crippen molar-refractivity contribution in [2.24, 2.45) is 0 Å². The molecule has 4 heteroatoms.